The molecule has 1 aliphatic rings. The smallest absolute Gasteiger partial charge is 0.243 e. The molecule has 0 radical (unpaired) electrons. The van der Waals surface area contributed by atoms with E-state index in [0.717, 1.165) is 12.1 Å². The maximum absolute atomic E-state index is 12.8. The number of benzene rings is 1. The Labute approximate surface area is 127 Å². The lowest BCUT2D eigenvalue weighted by molar-refractivity contribution is -0.0440. The van der Waals surface area contributed by atoms with Crippen molar-refractivity contribution in [2.75, 3.05) is 19.6 Å². The summed E-state index contributed by atoms with van der Waals surface area (Å²) in [6.45, 7) is 8.18. The molecule has 1 aliphatic heterocycles. The molecule has 6 heteroatoms. The summed E-state index contributed by atoms with van der Waals surface area (Å²) < 4.78 is 32.6. The van der Waals surface area contributed by atoms with Crippen LogP contribution in [0, 0.1) is 0 Å². The van der Waals surface area contributed by atoms with E-state index in [-0.39, 0.29) is 12.2 Å². The summed E-state index contributed by atoms with van der Waals surface area (Å²) in [7, 11) is -3.45. The fourth-order valence-electron chi connectivity index (χ4n) is 2.56. The standard InChI is InChI=1S/C15H24N2O3S/c1-4-16-9-14-6-5-7-15(8-14)21(18,19)17-10-12(2)20-13(3)11-17/h5-8,12-13,16H,4,9-11H2,1-3H3/t12-,13+. The van der Waals surface area contributed by atoms with Crippen molar-refractivity contribution in [1.29, 1.82) is 0 Å². The lowest BCUT2D eigenvalue weighted by atomic mass is 10.2. The molecule has 5 nitrogen and oxygen atoms in total. The molecule has 1 N–H and O–H groups in total. The zero-order chi connectivity index (χ0) is 15.5. The molecule has 1 heterocycles. The van der Waals surface area contributed by atoms with E-state index in [0.29, 0.717) is 24.5 Å². The quantitative estimate of drug-likeness (QED) is 0.897. The highest BCUT2D eigenvalue weighted by molar-refractivity contribution is 7.89. The van der Waals surface area contributed by atoms with Crippen LogP contribution in [0.2, 0.25) is 0 Å². The van der Waals surface area contributed by atoms with E-state index in [1.165, 1.54) is 4.31 Å². The maximum atomic E-state index is 12.8. The number of ether oxygens (including phenoxy) is 1. The molecule has 2 atom stereocenters. The van der Waals surface area contributed by atoms with Gasteiger partial charge < -0.3 is 10.1 Å². The molecule has 1 fully saturated rings. The van der Waals surface area contributed by atoms with E-state index in [2.05, 4.69) is 5.32 Å². The van der Waals surface area contributed by atoms with E-state index < -0.39 is 10.0 Å². The van der Waals surface area contributed by atoms with Crippen molar-refractivity contribution in [3.05, 3.63) is 29.8 Å². The molecule has 0 saturated carbocycles. The highest BCUT2D eigenvalue weighted by Crippen LogP contribution is 2.21. The molecule has 0 aliphatic carbocycles. The third-order valence-electron chi connectivity index (χ3n) is 3.50. The van der Waals surface area contributed by atoms with Crippen LogP contribution in [0.1, 0.15) is 26.3 Å². The molecule has 0 spiro atoms. The largest absolute Gasteiger partial charge is 0.373 e. The van der Waals surface area contributed by atoms with Crippen LogP contribution in [-0.2, 0) is 21.3 Å². The lowest BCUT2D eigenvalue weighted by Gasteiger charge is -2.34. The predicted molar refractivity (Wildman–Crippen MR) is 82.6 cm³/mol. The molecule has 118 valence electrons. The maximum Gasteiger partial charge on any atom is 0.243 e. The van der Waals surface area contributed by atoms with Gasteiger partial charge in [-0.15, -0.1) is 0 Å². The number of morpholine rings is 1. The van der Waals surface area contributed by atoms with Gasteiger partial charge in [0.1, 0.15) is 0 Å². The summed E-state index contributed by atoms with van der Waals surface area (Å²) in [6.07, 6.45) is -0.151. The third kappa shape index (κ3) is 4.03. The normalized spacial score (nSPS) is 24.1. The van der Waals surface area contributed by atoms with Crippen molar-refractivity contribution in [1.82, 2.24) is 9.62 Å². The highest BCUT2D eigenvalue weighted by atomic mass is 32.2. The molecule has 0 bridgehead atoms. The van der Waals surface area contributed by atoms with E-state index in [1.807, 2.05) is 26.8 Å². The second kappa shape index (κ2) is 6.87. The highest BCUT2D eigenvalue weighted by Gasteiger charge is 2.32. The Kier molecular flexibility index (Phi) is 5.37. The summed E-state index contributed by atoms with van der Waals surface area (Å²) in [5.74, 6) is 0. The molecule has 0 aromatic heterocycles. The van der Waals surface area contributed by atoms with Crippen LogP contribution in [0.5, 0.6) is 0 Å². The van der Waals surface area contributed by atoms with Crippen molar-refractivity contribution in [2.45, 2.75) is 44.4 Å². The fraction of sp³-hybridized carbons (Fsp3) is 0.600. The van der Waals surface area contributed by atoms with Crippen LogP contribution in [0.15, 0.2) is 29.2 Å². The average molecular weight is 312 g/mol. The number of hydrogen-bond donors (Lipinski definition) is 1. The Bertz CT molecular complexity index is 564. The SMILES string of the molecule is CCNCc1cccc(S(=O)(=O)N2C[C@@H](C)O[C@@H](C)C2)c1. The van der Waals surface area contributed by atoms with Gasteiger partial charge in [0.15, 0.2) is 0 Å². The topological polar surface area (TPSA) is 58.6 Å². The van der Waals surface area contributed by atoms with Crippen LogP contribution in [0.3, 0.4) is 0 Å². The number of nitrogens with one attached hydrogen (secondary N) is 1. The molecule has 1 aromatic rings. The minimum absolute atomic E-state index is 0.0755. The number of nitrogens with zero attached hydrogens (tertiary/aromatic N) is 1. The van der Waals surface area contributed by atoms with Gasteiger partial charge in [-0.2, -0.15) is 4.31 Å². The van der Waals surface area contributed by atoms with Gasteiger partial charge in [-0.05, 0) is 38.1 Å². The summed E-state index contributed by atoms with van der Waals surface area (Å²) in [4.78, 5) is 0.360. The van der Waals surface area contributed by atoms with Crippen molar-refractivity contribution in [2.24, 2.45) is 0 Å². The van der Waals surface area contributed by atoms with Gasteiger partial charge in [-0.3, -0.25) is 0 Å². The average Bonchev–Trinajstić information content (AvgIpc) is 2.44. The van der Waals surface area contributed by atoms with E-state index >= 15 is 0 Å². The molecule has 2 rings (SSSR count). The van der Waals surface area contributed by atoms with Gasteiger partial charge in [0.05, 0.1) is 17.1 Å². The van der Waals surface area contributed by atoms with Gasteiger partial charge >= 0.3 is 0 Å². The second-order valence-electron chi connectivity index (χ2n) is 5.51. The van der Waals surface area contributed by atoms with Crippen LogP contribution < -0.4 is 5.32 Å². The lowest BCUT2D eigenvalue weighted by Crippen LogP contribution is -2.48. The summed E-state index contributed by atoms with van der Waals surface area (Å²) in [5, 5.41) is 3.21. The van der Waals surface area contributed by atoms with Crippen LogP contribution in [0.4, 0.5) is 0 Å². The van der Waals surface area contributed by atoms with Gasteiger partial charge in [-0.25, -0.2) is 8.42 Å². The van der Waals surface area contributed by atoms with Crippen molar-refractivity contribution in [3.63, 3.8) is 0 Å². The molecule has 21 heavy (non-hydrogen) atoms. The Morgan fingerprint density at radius 3 is 2.57 bits per heavy atom. The van der Waals surface area contributed by atoms with Crippen molar-refractivity contribution >= 4 is 10.0 Å². The monoisotopic (exact) mass is 312 g/mol. The van der Waals surface area contributed by atoms with Gasteiger partial charge in [-0.1, -0.05) is 19.1 Å². The van der Waals surface area contributed by atoms with Gasteiger partial charge in [0, 0.05) is 19.6 Å². The fourth-order valence-corrected chi connectivity index (χ4v) is 4.22. The minimum Gasteiger partial charge on any atom is -0.373 e. The summed E-state index contributed by atoms with van der Waals surface area (Å²) >= 11 is 0. The van der Waals surface area contributed by atoms with Crippen LogP contribution in [-0.4, -0.2) is 44.6 Å². The number of sulfonamides is 1. The van der Waals surface area contributed by atoms with E-state index in [1.54, 1.807) is 18.2 Å². The van der Waals surface area contributed by atoms with E-state index in [4.69, 9.17) is 4.74 Å². The molecule has 0 amide bonds. The first-order chi connectivity index (χ1) is 9.93. The molecular weight excluding hydrogens is 288 g/mol. The Hall–Kier alpha value is -0.950. The van der Waals surface area contributed by atoms with Gasteiger partial charge in [0.25, 0.3) is 0 Å². The molecule has 1 aromatic carbocycles. The first-order valence-electron chi connectivity index (χ1n) is 7.38. The summed E-state index contributed by atoms with van der Waals surface area (Å²) in [5.41, 5.74) is 0.979. The third-order valence-corrected chi connectivity index (χ3v) is 5.33. The zero-order valence-electron chi connectivity index (χ0n) is 12.9. The molecular formula is C15H24N2O3S. The van der Waals surface area contributed by atoms with E-state index in [9.17, 15) is 8.42 Å². The Balaban J connectivity index is 2.22. The minimum atomic E-state index is -3.45. The summed E-state index contributed by atoms with van der Waals surface area (Å²) in [6, 6.07) is 7.15. The van der Waals surface area contributed by atoms with Crippen LogP contribution >= 0.6 is 0 Å². The first kappa shape index (κ1) is 16.4. The first-order valence-corrected chi connectivity index (χ1v) is 8.82. The van der Waals surface area contributed by atoms with Gasteiger partial charge in [0.2, 0.25) is 10.0 Å². The number of rotatable bonds is 5. The van der Waals surface area contributed by atoms with Crippen LogP contribution in [0.25, 0.3) is 0 Å². The molecule has 0 unspecified atom stereocenters. The Morgan fingerprint density at radius 2 is 1.95 bits per heavy atom. The van der Waals surface area contributed by atoms with Crippen molar-refractivity contribution < 1.29 is 13.2 Å². The molecule has 1 saturated heterocycles. The zero-order valence-corrected chi connectivity index (χ0v) is 13.7. The number of hydrogen-bond acceptors (Lipinski definition) is 4. The predicted octanol–water partition coefficient (Wildman–Crippen LogP) is 1.59. The second-order valence-corrected chi connectivity index (χ2v) is 7.45. The van der Waals surface area contributed by atoms with Crippen molar-refractivity contribution in [3.8, 4) is 0 Å². The Morgan fingerprint density at radius 1 is 1.29 bits per heavy atom.